The number of nitrogens with zero attached hydrogens (tertiary/aromatic N) is 2. The fraction of sp³-hybridized carbons (Fsp3) is 0.100. The molecule has 70 valence electrons. The number of fused-ring (bicyclic) bond motifs is 1. The minimum absolute atomic E-state index is 0.380. The number of benzene rings is 1. The lowest BCUT2D eigenvalue weighted by atomic mass is 10.1. The standard InChI is InChI=1S/C10H8N2O2/c1-14-10(13)8-4-2-3-7-5-11-6-12-9(7)8/h2-6H,1H3. The number of esters is 1. The second-order valence-electron chi connectivity index (χ2n) is 2.76. The Hall–Kier alpha value is -1.97. The third-order valence-electron chi connectivity index (χ3n) is 1.94. The minimum atomic E-state index is -0.380. The second kappa shape index (κ2) is 3.41. The lowest BCUT2D eigenvalue weighted by molar-refractivity contribution is 0.0603. The van der Waals surface area contributed by atoms with Crippen LogP contribution in [0.1, 0.15) is 10.4 Å². The van der Waals surface area contributed by atoms with Gasteiger partial charge < -0.3 is 4.74 Å². The number of hydrogen-bond acceptors (Lipinski definition) is 4. The molecule has 0 unspecified atom stereocenters. The van der Waals surface area contributed by atoms with Gasteiger partial charge in [0, 0.05) is 11.6 Å². The van der Waals surface area contributed by atoms with E-state index in [1.54, 1.807) is 18.3 Å². The SMILES string of the molecule is COC(=O)c1cccc2cncnc12. The average Bonchev–Trinajstić information content (AvgIpc) is 2.27. The first-order chi connectivity index (χ1) is 6.83. The normalized spacial score (nSPS) is 10.1. The number of hydrogen-bond donors (Lipinski definition) is 0. The summed E-state index contributed by atoms with van der Waals surface area (Å²) in [5, 5.41) is 0.829. The lowest BCUT2D eigenvalue weighted by Gasteiger charge is -2.01. The first-order valence-corrected chi connectivity index (χ1v) is 4.10. The fourth-order valence-electron chi connectivity index (χ4n) is 1.29. The Morgan fingerprint density at radius 3 is 3.07 bits per heavy atom. The van der Waals surface area contributed by atoms with Crippen molar-refractivity contribution in [1.29, 1.82) is 0 Å². The van der Waals surface area contributed by atoms with Crippen LogP contribution in [0.15, 0.2) is 30.7 Å². The third kappa shape index (κ3) is 1.31. The molecule has 1 aromatic heterocycles. The number of rotatable bonds is 1. The van der Waals surface area contributed by atoms with E-state index in [-0.39, 0.29) is 5.97 Å². The van der Waals surface area contributed by atoms with Crippen LogP contribution < -0.4 is 0 Å². The van der Waals surface area contributed by atoms with Crippen molar-refractivity contribution in [3.05, 3.63) is 36.3 Å². The minimum Gasteiger partial charge on any atom is -0.465 e. The predicted octanol–water partition coefficient (Wildman–Crippen LogP) is 1.42. The summed E-state index contributed by atoms with van der Waals surface area (Å²) in [7, 11) is 1.35. The number of carbonyl (C=O) groups excluding carboxylic acids is 1. The van der Waals surface area contributed by atoms with Crippen LogP contribution in [0.5, 0.6) is 0 Å². The van der Waals surface area contributed by atoms with Crippen molar-refractivity contribution in [2.45, 2.75) is 0 Å². The Balaban J connectivity index is 2.71. The summed E-state index contributed by atoms with van der Waals surface area (Å²) in [6.45, 7) is 0. The molecule has 14 heavy (non-hydrogen) atoms. The summed E-state index contributed by atoms with van der Waals surface area (Å²) < 4.78 is 4.65. The predicted molar refractivity (Wildman–Crippen MR) is 50.9 cm³/mol. The molecule has 0 N–H and O–H groups in total. The maximum atomic E-state index is 11.3. The second-order valence-corrected chi connectivity index (χ2v) is 2.76. The number of carbonyl (C=O) groups is 1. The molecule has 0 atom stereocenters. The molecule has 1 heterocycles. The summed E-state index contributed by atoms with van der Waals surface area (Å²) in [5.41, 5.74) is 1.08. The molecule has 0 bridgehead atoms. The van der Waals surface area contributed by atoms with Gasteiger partial charge in [-0.25, -0.2) is 14.8 Å². The molecule has 2 aromatic rings. The molecule has 0 aliphatic rings. The molecular weight excluding hydrogens is 180 g/mol. The highest BCUT2D eigenvalue weighted by molar-refractivity contribution is 6.02. The molecule has 0 saturated heterocycles. The summed E-state index contributed by atoms with van der Waals surface area (Å²) in [4.78, 5) is 19.3. The van der Waals surface area contributed by atoms with Crippen LogP contribution in [0.2, 0.25) is 0 Å². The zero-order chi connectivity index (χ0) is 9.97. The lowest BCUT2D eigenvalue weighted by Crippen LogP contribution is -2.02. The van der Waals surface area contributed by atoms with Crippen molar-refractivity contribution in [2.75, 3.05) is 7.11 Å². The van der Waals surface area contributed by atoms with E-state index in [2.05, 4.69) is 14.7 Å². The highest BCUT2D eigenvalue weighted by Gasteiger charge is 2.10. The molecular formula is C10H8N2O2. The van der Waals surface area contributed by atoms with Gasteiger partial charge in [-0.2, -0.15) is 0 Å². The molecule has 1 aromatic carbocycles. The fourth-order valence-corrected chi connectivity index (χ4v) is 1.29. The van der Waals surface area contributed by atoms with Gasteiger partial charge in [0.25, 0.3) is 0 Å². The van der Waals surface area contributed by atoms with Crippen LogP contribution >= 0.6 is 0 Å². The Morgan fingerprint density at radius 2 is 2.29 bits per heavy atom. The maximum Gasteiger partial charge on any atom is 0.340 e. The van der Waals surface area contributed by atoms with Crippen LogP contribution in [0.3, 0.4) is 0 Å². The van der Waals surface area contributed by atoms with Gasteiger partial charge >= 0.3 is 5.97 Å². The summed E-state index contributed by atoms with van der Waals surface area (Å²) in [6, 6.07) is 5.31. The average molecular weight is 188 g/mol. The van der Waals surface area contributed by atoms with Crippen LogP contribution in [0.4, 0.5) is 0 Å². The number of aromatic nitrogens is 2. The van der Waals surface area contributed by atoms with Gasteiger partial charge in [-0.15, -0.1) is 0 Å². The first-order valence-electron chi connectivity index (χ1n) is 4.10. The van der Waals surface area contributed by atoms with Crippen molar-refractivity contribution >= 4 is 16.9 Å². The molecule has 4 heteroatoms. The molecule has 2 rings (SSSR count). The molecule has 0 aliphatic heterocycles. The maximum absolute atomic E-state index is 11.3. The number of methoxy groups -OCH3 is 1. The Labute approximate surface area is 80.6 Å². The quantitative estimate of drug-likeness (QED) is 0.635. The zero-order valence-corrected chi connectivity index (χ0v) is 7.60. The molecule has 0 amide bonds. The van der Waals surface area contributed by atoms with Crippen molar-refractivity contribution in [3.8, 4) is 0 Å². The molecule has 0 spiro atoms. The van der Waals surface area contributed by atoms with Gasteiger partial charge in [0.15, 0.2) is 0 Å². The van der Waals surface area contributed by atoms with E-state index in [0.29, 0.717) is 11.1 Å². The topological polar surface area (TPSA) is 52.1 Å². The third-order valence-corrected chi connectivity index (χ3v) is 1.94. The summed E-state index contributed by atoms with van der Waals surface area (Å²) in [5.74, 6) is -0.380. The molecule has 4 nitrogen and oxygen atoms in total. The van der Waals surface area contributed by atoms with E-state index >= 15 is 0 Å². The first kappa shape index (κ1) is 8.62. The zero-order valence-electron chi connectivity index (χ0n) is 7.60. The summed E-state index contributed by atoms with van der Waals surface area (Å²) >= 11 is 0. The number of para-hydroxylation sites is 1. The van der Waals surface area contributed by atoms with E-state index in [9.17, 15) is 4.79 Å². The molecule has 0 fully saturated rings. The van der Waals surface area contributed by atoms with E-state index in [1.807, 2.05) is 6.07 Å². The smallest absolute Gasteiger partial charge is 0.340 e. The van der Waals surface area contributed by atoms with Crippen LogP contribution in [-0.4, -0.2) is 23.0 Å². The van der Waals surface area contributed by atoms with Gasteiger partial charge in [0.05, 0.1) is 18.2 Å². The summed E-state index contributed by atoms with van der Waals surface area (Å²) in [6.07, 6.45) is 3.07. The van der Waals surface area contributed by atoms with Crippen LogP contribution in [0, 0.1) is 0 Å². The monoisotopic (exact) mass is 188 g/mol. The van der Waals surface area contributed by atoms with Crippen molar-refractivity contribution < 1.29 is 9.53 Å². The van der Waals surface area contributed by atoms with Crippen LogP contribution in [-0.2, 0) is 4.74 Å². The van der Waals surface area contributed by atoms with Gasteiger partial charge in [0.2, 0.25) is 0 Å². The van der Waals surface area contributed by atoms with E-state index in [0.717, 1.165) is 5.39 Å². The van der Waals surface area contributed by atoms with Gasteiger partial charge in [-0.3, -0.25) is 0 Å². The van der Waals surface area contributed by atoms with Crippen molar-refractivity contribution in [3.63, 3.8) is 0 Å². The van der Waals surface area contributed by atoms with Crippen molar-refractivity contribution in [2.24, 2.45) is 0 Å². The molecule has 0 saturated carbocycles. The van der Waals surface area contributed by atoms with E-state index < -0.39 is 0 Å². The van der Waals surface area contributed by atoms with Gasteiger partial charge in [-0.1, -0.05) is 12.1 Å². The Morgan fingerprint density at radius 1 is 1.43 bits per heavy atom. The molecule has 0 aliphatic carbocycles. The Bertz CT molecular complexity index is 477. The van der Waals surface area contributed by atoms with Crippen molar-refractivity contribution in [1.82, 2.24) is 9.97 Å². The van der Waals surface area contributed by atoms with Gasteiger partial charge in [0.1, 0.15) is 6.33 Å². The van der Waals surface area contributed by atoms with E-state index in [4.69, 9.17) is 0 Å². The van der Waals surface area contributed by atoms with Gasteiger partial charge in [-0.05, 0) is 6.07 Å². The highest BCUT2D eigenvalue weighted by atomic mass is 16.5. The number of ether oxygens (including phenoxy) is 1. The highest BCUT2D eigenvalue weighted by Crippen LogP contribution is 2.15. The molecule has 0 radical (unpaired) electrons. The largest absolute Gasteiger partial charge is 0.465 e. The Kier molecular flexibility index (Phi) is 2.10. The van der Waals surface area contributed by atoms with Crippen LogP contribution in [0.25, 0.3) is 10.9 Å². The van der Waals surface area contributed by atoms with E-state index in [1.165, 1.54) is 13.4 Å².